The van der Waals surface area contributed by atoms with Crippen molar-refractivity contribution < 1.29 is 27.9 Å². The van der Waals surface area contributed by atoms with E-state index in [9.17, 15) is 22.8 Å². The molecule has 2 aliphatic rings. The zero-order valence-corrected chi connectivity index (χ0v) is 14.2. The third kappa shape index (κ3) is 3.11. The number of fused-ring (bicyclic) bond motifs is 1. The molecular weight excluding hydrogens is 348 g/mol. The van der Waals surface area contributed by atoms with Gasteiger partial charge in [0.15, 0.2) is 0 Å². The Bertz CT molecular complexity index is 827. The van der Waals surface area contributed by atoms with E-state index in [1.807, 2.05) is 0 Å². The summed E-state index contributed by atoms with van der Waals surface area (Å²) in [5, 5.41) is 8.97. The maximum Gasteiger partial charge on any atom is 0.306 e. The number of carbonyl (C=O) groups excluding carboxylic acids is 2. The van der Waals surface area contributed by atoms with E-state index in [0.29, 0.717) is 25.9 Å². The second-order valence-corrected chi connectivity index (χ2v) is 7.95. The number of sulfonamides is 1. The quantitative estimate of drug-likeness (QED) is 0.832. The smallest absolute Gasteiger partial charge is 0.306 e. The van der Waals surface area contributed by atoms with E-state index < -0.39 is 27.8 Å². The molecule has 1 aromatic rings. The molecule has 2 amide bonds. The molecule has 1 aromatic carbocycles. The molecule has 2 aliphatic heterocycles. The van der Waals surface area contributed by atoms with Gasteiger partial charge in [-0.25, -0.2) is 12.7 Å². The van der Waals surface area contributed by atoms with Crippen LogP contribution in [0.4, 0.5) is 0 Å². The minimum absolute atomic E-state index is 0.0327. The molecule has 3 rings (SSSR count). The van der Waals surface area contributed by atoms with Crippen LogP contribution in [0.3, 0.4) is 0 Å². The summed E-state index contributed by atoms with van der Waals surface area (Å²) in [5.41, 5.74) is 0.122. The van der Waals surface area contributed by atoms with Crippen molar-refractivity contribution in [3.05, 3.63) is 29.8 Å². The van der Waals surface area contributed by atoms with Crippen molar-refractivity contribution in [1.29, 1.82) is 0 Å². The standard InChI is InChI=1S/C16H18N2O6S/c19-14(17-8-5-11(6-9-17)16(21)22)7-10-18-15(20)12-3-1-2-4-13(12)25(18,23)24/h1-4,11H,5-10H2,(H,21,22). The molecule has 1 saturated heterocycles. The maximum atomic E-state index is 12.4. The molecule has 9 heteroatoms. The lowest BCUT2D eigenvalue weighted by molar-refractivity contribution is -0.145. The number of nitrogens with zero attached hydrogens (tertiary/aromatic N) is 2. The second-order valence-electron chi connectivity index (χ2n) is 6.12. The molecule has 0 radical (unpaired) electrons. The van der Waals surface area contributed by atoms with E-state index >= 15 is 0 Å². The predicted molar refractivity (Wildman–Crippen MR) is 86.2 cm³/mol. The number of carboxylic acid groups (broad SMARTS) is 1. The van der Waals surface area contributed by atoms with Gasteiger partial charge in [0.25, 0.3) is 15.9 Å². The monoisotopic (exact) mass is 366 g/mol. The summed E-state index contributed by atoms with van der Waals surface area (Å²) in [4.78, 5) is 37.0. The van der Waals surface area contributed by atoms with E-state index in [0.717, 1.165) is 4.31 Å². The summed E-state index contributed by atoms with van der Waals surface area (Å²) in [6, 6.07) is 5.97. The zero-order chi connectivity index (χ0) is 18.2. The lowest BCUT2D eigenvalue weighted by Gasteiger charge is -2.30. The first-order valence-electron chi connectivity index (χ1n) is 7.99. The molecule has 0 atom stereocenters. The van der Waals surface area contributed by atoms with Gasteiger partial charge in [-0.05, 0) is 25.0 Å². The van der Waals surface area contributed by atoms with Crippen LogP contribution in [-0.4, -0.2) is 60.1 Å². The Kier molecular flexibility index (Phi) is 4.51. The van der Waals surface area contributed by atoms with Crippen LogP contribution in [0.2, 0.25) is 0 Å². The van der Waals surface area contributed by atoms with E-state index in [1.54, 1.807) is 12.1 Å². The van der Waals surface area contributed by atoms with Crippen molar-refractivity contribution >= 4 is 27.8 Å². The van der Waals surface area contributed by atoms with Gasteiger partial charge in [-0.2, -0.15) is 0 Å². The van der Waals surface area contributed by atoms with Crippen LogP contribution in [0.25, 0.3) is 0 Å². The molecule has 0 bridgehead atoms. The highest BCUT2D eigenvalue weighted by Gasteiger charge is 2.41. The number of carboxylic acids is 1. The first kappa shape index (κ1) is 17.4. The van der Waals surface area contributed by atoms with Crippen LogP contribution < -0.4 is 0 Å². The van der Waals surface area contributed by atoms with Gasteiger partial charge >= 0.3 is 5.97 Å². The summed E-state index contributed by atoms with van der Waals surface area (Å²) < 4.78 is 25.6. The number of aliphatic carboxylic acids is 1. The Labute approximate surface area is 145 Å². The average molecular weight is 366 g/mol. The molecule has 25 heavy (non-hydrogen) atoms. The second kappa shape index (κ2) is 6.47. The van der Waals surface area contributed by atoms with Crippen molar-refractivity contribution in [3.8, 4) is 0 Å². The van der Waals surface area contributed by atoms with Crippen LogP contribution in [0.5, 0.6) is 0 Å². The largest absolute Gasteiger partial charge is 0.481 e. The van der Waals surface area contributed by atoms with Crippen molar-refractivity contribution in [2.24, 2.45) is 5.92 Å². The normalized spacial score (nSPS) is 19.8. The van der Waals surface area contributed by atoms with Gasteiger partial charge in [0, 0.05) is 26.1 Å². The summed E-state index contributed by atoms with van der Waals surface area (Å²) in [5.74, 6) is -2.20. The van der Waals surface area contributed by atoms with Crippen LogP contribution in [-0.2, 0) is 19.6 Å². The van der Waals surface area contributed by atoms with Gasteiger partial charge in [-0.1, -0.05) is 12.1 Å². The summed E-state index contributed by atoms with van der Waals surface area (Å²) in [6.07, 6.45) is 0.650. The topological polar surface area (TPSA) is 112 Å². The van der Waals surface area contributed by atoms with Gasteiger partial charge < -0.3 is 10.0 Å². The molecule has 0 aliphatic carbocycles. The van der Waals surface area contributed by atoms with E-state index in [2.05, 4.69) is 0 Å². The van der Waals surface area contributed by atoms with Crippen molar-refractivity contribution in [3.63, 3.8) is 0 Å². The highest BCUT2D eigenvalue weighted by molar-refractivity contribution is 7.90. The number of hydrogen-bond acceptors (Lipinski definition) is 5. The van der Waals surface area contributed by atoms with Crippen molar-refractivity contribution in [1.82, 2.24) is 9.21 Å². The van der Waals surface area contributed by atoms with Crippen molar-refractivity contribution in [2.45, 2.75) is 24.2 Å². The Morgan fingerprint density at radius 2 is 1.80 bits per heavy atom. The number of amides is 2. The van der Waals surface area contributed by atoms with Crippen LogP contribution in [0, 0.1) is 5.92 Å². The molecular formula is C16H18N2O6S. The summed E-state index contributed by atoms with van der Waals surface area (Å²) in [7, 11) is -3.91. The number of benzene rings is 1. The van der Waals surface area contributed by atoms with Gasteiger partial charge in [0.2, 0.25) is 5.91 Å². The Morgan fingerprint density at radius 1 is 1.16 bits per heavy atom. The first-order chi connectivity index (χ1) is 11.8. The molecule has 134 valence electrons. The molecule has 2 heterocycles. The third-order valence-corrected chi connectivity index (χ3v) is 6.48. The Hall–Kier alpha value is -2.42. The molecule has 0 aromatic heterocycles. The Balaban J connectivity index is 1.62. The fraction of sp³-hybridized carbons (Fsp3) is 0.438. The molecule has 1 fully saturated rings. The minimum Gasteiger partial charge on any atom is -0.481 e. The van der Waals surface area contributed by atoms with Crippen molar-refractivity contribution in [2.75, 3.05) is 19.6 Å². The van der Waals surface area contributed by atoms with E-state index in [1.165, 1.54) is 17.0 Å². The molecule has 0 unspecified atom stereocenters. The summed E-state index contributed by atoms with van der Waals surface area (Å²) >= 11 is 0. The zero-order valence-electron chi connectivity index (χ0n) is 13.4. The maximum absolute atomic E-state index is 12.4. The number of piperidine rings is 1. The molecule has 0 spiro atoms. The first-order valence-corrected chi connectivity index (χ1v) is 9.43. The van der Waals surface area contributed by atoms with Gasteiger partial charge in [0.05, 0.1) is 11.5 Å². The fourth-order valence-corrected chi connectivity index (χ4v) is 4.75. The Morgan fingerprint density at radius 3 is 2.40 bits per heavy atom. The number of rotatable bonds is 4. The highest BCUT2D eigenvalue weighted by atomic mass is 32.2. The van der Waals surface area contributed by atoms with Gasteiger partial charge in [0.1, 0.15) is 4.90 Å². The average Bonchev–Trinajstić information content (AvgIpc) is 2.80. The minimum atomic E-state index is -3.91. The predicted octanol–water partition coefficient (Wildman–Crippen LogP) is 0.544. The van der Waals surface area contributed by atoms with Gasteiger partial charge in [-0.15, -0.1) is 0 Å². The van der Waals surface area contributed by atoms with Crippen LogP contribution >= 0.6 is 0 Å². The lowest BCUT2D eigenvalue weighted by atomic mass is 9.97. The van der Waals surface area contributed by atoms with Gasteiger partial charge in [-0.3, -0.25) is 14.4 Å². The van der Waals surface area contributed by atoms with E-state index in [4.69, 9.17) is 5.11 Å². The molecule has 1 N–H and O–H groups in total. The SMILES string of the molecule is O=C(O)C1CCN(C(=O)CCN2C(=O)c3ccccc3S2(=O)=O)CC1. The fourth-order valence-electron chi connectivity index (χ4n) is 3.18. The number of likely N-dealkylation sites (tertiary alicyclic amines) is 1. The summed E-state index contributed by atoms with van der Waals surface area (Å²) in [6.45, 7) is 0.445. The highest BCUT2D eigenvalue weighted by Crippen LogP contribution is 2.30. The number of hydrogen-bond donors (Lipinski definition) is 1. The van der Waals surface area contributed by atoms with Crippen LogP contribution in [0.15, 0.2) is 29.2 Å². The molecule has 0 saturated carbocycles. The van der Waals surface area contributed by atoms with Crippen LogP contribution in [0.1, 0.15) is 29.6 Å². The lowest BCUT2D eigenvalue weighted by Crippen LogP contribution is -2.42. The number of carbonyl (C=O) groups is 3. The third-order valence-electron chi connectivity index (χ3n) is 4.64. The van der Waals surface area contributed by atoms with E-state index in [-0.39, 0.29) is 29.3 Å². The molecule has 8 nitrogen and oxygen atoms in total.